The first kappa shape index (κ1) is 17.3. The molecule has 1 unspecified atom stereocenters. The van der Waals surface area contributed by atoms with Crippen LogP contribution >= 0.6 is 0 Å². The van der Waals surface area contributed by atoms with Crippen molar-refractivity contribution in [3.63, 3.8) is 0 Å². The predicted molar refractivity (Wildman–Crippen MR) is 96.4 cm³/mol. The molecule has 1 N–H and O–H groups in total. The minimum atomic E-state index is -0.313. The molecule has 0 aliphatic carbocycles. The zero-order valence-corrected chi connectivity index (χ0v) is 14.6. The molecule has 3 heterocycles. The number of nitrogens with one attached hydrogen (secondary N) is 1. The normalized spacial score (nSPS) is 17.1. The van der Waals surface area contributed by atoms with Gasteiger partial charge in [-0.05, 0) is 29.8 Å². The Labute approximate surface area is 155 Å². The van der Waals surface area contributed by atoms with Crippen LogP contribution in [0.15, 0.2) is 54.9 Å². The molecule has 1 saturated heterocycles. The van der Waals surface area contributed by atoms with Crippen molar-refractivity contribution in [3.05, 3.63) is 77.6 Å². The molecule has 2 aromatic heterocycles. The molecule has 0 saturated carbocycles. The van der Waals surface area contributed by atoms with Crippen molar-refractivity contribution in [2.24, 2.45) is 0 Å². The maximum atomic E-state index is 13.6. The van der Waals surface area contributed by atoms with E-state index in [0.29, 0.717) is 26.2 Å². The number of amides is 1. The second kappa shape index (κ2) is 7.63. The van der Waals surface area contributed by atoms with Crippen LogP contribution in [-0.2, 0) is 6.54 Å². The second-order valence-electron chi connectivity index (χ2n) is 6.40. The topological polar surface area (TPSA) is 75.9 Å². The monoisotopic (exact) mass is 366 g/mol. The summed E-state index contributed by atoms with van der Waals surface area (Å²) in [6.45, 7) is 2.21. The maximum Gasteiger partial charge on any atom is 0.276 e. The molecule has 1 amide bonds. The van der Waals surface area contributed by atoms with Crippen LogP contribution in [-0.4, -0.2) is 50.4 Å². The van der Waals surface area contributed by atoms with E-state index in [0.717, 1.165) is 11.3 Å². The van der Waals surface area contributed by atoms with Crippen LogP contribution in [0.3, 0.4) is 0 Å². The number of pyridine rings is 1. The van der Waals surface area contributed by atoms with Gasteiger partial charge in [0, 0.05) is 25.8 Å². The number of piperazine rings is 1. The van der Waals surface area contributed by atoms with Gasteiger partial charge < -0.3 is 10.2 Å². The Morgan fingerprint density at radius 1 is 1.26 bits per heavy atom. The summed E-state index contributed by atoms with van der Waals surface area (Å²) in [5.74, 6) is -0.523. The fourth-order valence-electron chi connectivity index (χ4n) is 3.24. The zero-order valence-electron chi connectivity index (χ0n) is 14.6. The van der Waals surface area contributed by atoms with E-state index in [4.69, 9.17) is 0 Å². The lowest BCUT2D eigenvalue weighted by Gasteiger charge is -2.36. The van der Waals surface area contributed by atoms with Crippen molar-refractivity contribution in [1.29, 1.82) is 0 Å². The van der Waals surface area contributed by atoms with Crippen molar-refractivity contribution in [3.8, 4) is 0 Å². The molecule has 1 fully saturated rings. The van der Waals surface area contributed by atoms with Gasteiger partial charge in [-0.3, -0.25) is 9.78 Å². The predicted octanol–water partition coefficient (Wildman–Crippen LogP) is 1.65. The average molecular weight is 366 g/mol. The summed E-state index contributed by atoms with van der Waals surface area (Å²) in [7, 11) is 0. The van der Waals surface area contributed by atoms with Crippen LogP contribution in [0.25, 0.3) is 0 Å². The molecule has 4 rings (SSSR count). The van der Waals surface area contributed by atoms with E-state index < -0.39 is 0 Å². The lowest BCUT2D eigenvalue weighted by atomic mass is 10.0. The molecule has 138 valence electrons. The van der Waals surface area contributed by atoms with Crippen molar-refractivity contribution in [2.75, 3.05) is 19.6 Å². The fourth-order valence-corrected chi connectivity index (χ4v) is 3.24. The first-order chi connectivity index (χ1) is 13.2. The van der Waals surface area contributed by atoms with E-state index in [9.17, 15) is 9.18 Å². The standard InChI is InChI=1S/C19H19FN6O/c20-15-5-3-4-14(10-15)18-11-21-8-9-26(18)19(27)17-13-25(24-23-17)12-16-6-1-2-7-22-16/h1-7,10,13,18,21H,8-9,11-12H2. The van der Waals surface area contributed by atoms with Gasteiger partial charge in [-0.1, -0.05) is 23.4 Å². The molecule has 0 spiro atoms. The number of hydrogen-bond acceptors (Lipinski definition) is 5. The Morgan fingerprint density at radius 3 is 3.00 bits per heavy atom. The second-order valence-corrected chi connectivity index (χ2v) is 6.40. The quantitative estimate of drug-likeness (QED) is 0.760. The van der Waals surface area contributed by atoms with Crippen LogP contribution in [0, 0.1) is 5.82 Å². The molecule has 3 aromatic rings. The zero-order chi connectivity index (χ0) is 18.6. The third kappa shape index (κ3) is 3.85. The molecule has 7 nitrogen and oxygen atoms in total. The van der Waals surface area contributed by atoms with E-state index in [1.807, 2.05) is 24.3 Å². The molecule has 27 heavy (non-hydrogen) atoms. The lowest BCUT2D eigenvalue weighted by Crippen LogP contribution is -2.48. The van der Waals surface area contributed by atoms with Crippen LogP contribution in [0.1, 0.15) is 27.8 Å². The molecular formula is C19H19FN6O. The number of halogens is 1. The van der Waals surface area contributed by atoms with E-state index >= 15 is 0 Å². The van der Waals surface area contributed by atoms with Gasteiger partial charge in [-0.15, -0.1) is 5.10 Å². The molecule has 1 atom stereocenters. The molecule has 0 radical (unpaired) electrons. The summed E-state index contributed by atoms with van der Waals surface area (Å²) < 4.78 is 15.2. The van der Waals surface area contributed by atoms with Gasteiger partial charge in [0.15, 0.2) is 5.69 Å². The Bertz CT molecular complexity index is 929. The van der Waals surface area contributed by atoms with Crippen molar-refractivity contribution >= 4 is 5.91 Å². The summed E-state index contributed by atoms with van der Waals surface area (Å²) >= 11 is 0. The summed E-state index contributed by atoms with van der Waals surface area (Å²) in [6, 6.07) is 11.7. The number of rotatable bonds is 4. The smallest absolute Gasteiger partial charge is 0.276 e. The van der Waals surface area contributed by atoms with E-state index in [-0.39, 0.29) is 23.5 Å². The molecule has 0 bridgehead atoms. The molecular weight excluding hydrogens is 347 g/mol. The summed E-state index contributed by atoms with van der Waals surface area (Å²) in [4.78, 5) is 19.0. The number of hydrogen-bond donors (Lipinski definition) is 1. The van der Waals surface area contributed by atoms with Crippen LogP contribution < -0.4 is 5.32 Å². The van der Waals surface area contributed by atoms with Crippen LogP contribution in [0.5, 0.6) is 0 Å². The third-order valence-corrected chi connectivity index (χ3v) is 4.55. The highest BCUT2D eigenvalue weighted by atomic mass is 19.1. The van der Waals surface area contributed by atoms with Crippen LogP contribution in [0.4, 0.5) is 4.39 Å². The third-order valence-electron chi connectivity index (χ3n) is 4.55. The summed E-state index contributed by atoms with van der Waals surface area (Å²) in [6.07, 6.45) is 3.34. The number of carbonyl (C=O) groups is 1. The maximum absolute atomic E-state index is 13.6. The van der Waals surface area contributed by atoms with Crippen LogP contribution in [0.2, 0.25) is 0 Å². The van der Waals surface area contributed by atoms with Crippen molar-refractivity contribution in [1.82, 2.24) is 30.2 Å². The van der Waals surface area contributed by atoms with Gasteiger partial charge in [0.05, 0.1) is 24.5 Å². The molecule has 1 aromatic carbocycles. The summed E-state index contributed by atoms with van der Waals surface area (Å²) in [5, 5.41) is 11.3. The Morgan fingerprint density at radius 2 is 2.19 bits per heavy atom. The Hall–Kier alpha value is -3.13. The minimum Gasteiger partial charge on any atom is -0.328 e. The number of nitrogens with zero attached hydrogens (tertiary/aromatic N) is 5. The van der Waals surface area contributed by atoms with Crippen molar-refractivity contribution < 1.29 is 9.18 Å². The highest BCUT2D eigenvalue weighted by molar-refractivity contribution is 5.92. The molecule has 8 heteroatoms. The van der Waals surface area contributed by atoms with Gasteiger partial charge in [0.25, 0.3) is 5.91 Å². The Kier molecular flexibility index (Phi) is 4.88. The van der Waals surface area contributed by atoms with E-state index in [1.165, 1.54) is 12.1 Å². The fraction of sp³-hybridized carbons (Fsp3) is 0.263. The minimum absolute atomic E-state index is 0.210. The van der Waals surface area contributed by atoms with Gasteiger partial charge >= 0.3 is 0 Å². The van der Waals surface area contributed by atoms with Gasteiger partial charge in [-0.25, -0.2) is 9.07 Å². The highest BCUT2D eigenvalue weighted by Crippen LogP contribution is 2.24. The van der Waals surface area contributed by atoms with Gasteiger partial charge in [-0.2, -0.15) is 0 Å². The molecule has 1 aliphatic heterocycles. The van der Waals surface area contributed by atoms with Crippen molar-refractivity contribution in [2.45, 2.75) is 12.6 Å². The molecule has 1 aliphatic rings. The first-order valence-electron chi connectivity index (χ1n) is 8.78. The van der Waals surface area contributed by atoms with Gasteiger partial charge in [0.2, 0.25) is 0 Å². The van der Waals surface area contributed by atoms with E-state index in [2.05, 4.69) is 20.6 Å². The Balaban J connectivity index is 1.54. The summed E-state index contributed by atoms with van der Waals surface area (Å²) in [5.41, 5.74) is 1.87. The number of aromatic nitrogens is 4. The number of benzene rings is 1. The number of carbonyl (C=O) groups excluding carboxylic acids is 1. The SMILES string of the molecule is O=C(c1cn(Cc2ccccn2)nn1)N1CCNCC1c1cccc(F)c1. The lowest BCUT2D eigenvalue weighted by molar-refractivity contribution is 0.0627. The highest BCUT2D eigenvalue weighted by Gasteiger charge is 2.30. The largest absolute Gasteiger partial charge is 0.328 e. The van der Waals surface area contributed by atoms with E-state index in [1.54, 1.807) is 28.0 Å². The average Bonchev–Trinajstić information content (AvgIpc) is 3.17. The first-order valence-corrected chi connectivity index (χ1v) is 8.78. The van der Waals surface area contributed by atoms with Gasteiger partial charge in [0.1, 0.15) is 5.82 Å².